The van der Waals surface area contributed by atoms with Crippen LogP contribution in [0.2, 0.25) is 10.0 Å². The fraction of sp³-hybridized carbons (Fsp3) is 0.588. The summed E-state index contributed by atoms with van der Waals surface area (Å²) in [5, 5.41) is 11.6. The molecule has 126 valence electrons. The molecule has 4 nitrogen and oxygen atoms in total. The summed E-state index contributed by atoms with van der Waals surface area (Å²) in [6.45, 7) is 1.98. The highest BCUT2D eigenvalue weighted by Gasteiger charge is 2.36. The molecule has 1 aromatic rings. The van der Waals surface area contributed by atoms with Gasteiger partial charge >= 0.3 is 0 Å². The number of carbonyl (C=O) groups is 1. The van der Waals surface area contributed by atoms with Crippen molar-refractivity contribution in [3.05, 3.63) is 33.3 Å². The number of hydrogen-bond acceptors (Lipinski definition) is 3. The number of nitrogens with zero attached hydrogens (tertiary/aromatic N) is 2. The van der Waals surface area contributed by atoms with Crippen LogP contribution in [0, 0.1) is 0 Å². The Labute approximate surface area is 147 Å². The molecule has 1 aromatic carbocycles. The van der Waals surface area contributed by atoms with E-state index in [0.29, 0.717) is 23.0 Å². The van der Waals surface area contributed by atoms with Crippen molar-refractivity contribution < 1.29 is 9.90 Å². The first-order chi connectivity index (χ1) is 11.0. The number of aliphatic hydroxyl groups excluding tert-OH is 1. The predicted octanol–water partition coefficient (Wildman–Crippen LogP) is 2.90. The van der Waals surface area contributed by atoms with Crippen molar-refractivity contribution >= 4 is 29.1 Å². The number of carbonyl (C=O) groups excluding carboxylic acids is 1. The summed E-state index contributed by atoms with van der Waals surface area (Å²) in [6, 6.07) is 3.32. The number of amides is 1. The molecule has 1 N–H and O–H groups in total. The highest BCUT2D eigenvalue weighted by atomic mass is 35.5. The van der Waals surface area contributed by atoms with Crippen molar-refractivity contribution in [3.63, 3.8) is 0 Å². The number of piperidine rings is 1. The maximum Gasteiger partial charge on any atom is 0.236 e. The number of likely N-dealkylation sites (N-methyl/N-ethyl adjacent to an activating group) is 1. The van der Waals surface area contributed by atoms with Crippen molar-refractivity contribution in [2.75, 3.05) is 26.7 Å². The van der Waals surface area contributed by atoms with E-state index in [-0.39, 0.29) is 11.9 Å². The minimum atomic E-state index is -0.569. The Morgan fingerprint density at radius 2 is 2.00 bits per heavy atom. The van der Waals surface area contributed by atoms with Crippen LogP contribution in [0.5, 0.6) is 0 Å². The van der Waals surface area contributed by atoms with Gasteiger partial charge in [-0.05, 0) is 49.6 Å². The molecule has 1 aliphatic carbocycles. The largest absolute Gasteiger partial charge is 0.391 e. The first kappa shape index (κ1) is 17.0. The first-order valence-electron chi connectivity index (χ1n) is 8.11. The summed E-state index contributed by atoms with van der Waals surface area (Å²) >= 11 is 12.4. The number of benzene rings is 1. The lowest BCUT2D eigenvalue weighted by atomic mass is 10.1. The molecule has 1 saturated heterocycles. The smallest absolute Gasteiger partial charge is 0.236 e. The van der Waals surface area contributed by atoms with Gasteiger partial charge in [0.1, 0.15) is 0 Å². The number of hydrogen-bond donors (Lipinski definition) is 1. The second kappa shape index (κ2) is 6.98. The highest BCUT2D eigenvalue weighted by Crippen LogP contribution is 2.40. The molecule has 0 aromatic heterocycles. The SMILES string of the molecule is CN(CC(=O)N1CCCCC1)C1c2cc(Cl)cc(Cl)c2CC1O. The van der Waals surface area contributed by atoms with Crippen LogP contribution in [0.25, 0.3) is 0 Å². The third-order valence-corrected chi connectivity index (χ3v) is 5.41. The van der Waals surface area contributed by atoms with E-state index in [1.807, 2.05) is 22.9 Å². The Balaban J connectivity index is 1.75. The van der Waals surface area contributed by atoms with E-state index in [1.54, 1.807) is 6.07 Å². The van der Waals surface area contributed by atoms with Gasteiger partial charge in [0.05, 0.1) is 18.7 Å². The zero-order chi connectivity index (χ0) is 16.6. The minimum Gasteiger partial charge on any atom is -0.391 e. The summed E-state index contributed by atoms with van der Waals surface area (Å²) in [4.78, 5) is 16.3. The van der Waals surface area contributed by atoms with E-state index >= 15 is 0 Å². The van der Waals surface area contributed by atoms with Crippen LogP contribution in [-0.4, -0.2) is 53.6 Å². The summed E-state index contributed by atoms with van der Waals surface area (Å²) in [5.74, 6) is 0.126. The normalized spacial score (nSPS) is 24.1. The van der Waals surface area contributed by atoms with E-state index in [2.05, 4.69) is 0 Å². The monoisotopic (exact) mass is 356 g/mol. The maximum atomic E-state index is 12.5. The molecule has 1 fully saturated rings. The summed E-state index contributed by atoms with van der Waals surface area (Å²) in [5.41, 5.74) is 1.87. The molecule has 2 aliphatic rings. The summed E-state index contributed by atoms with van der Waals surface area (Å²) in [6.07, 6.45) is 3.29. The highest BCUT2D eigenvalue weighted by molar-refractivity contribution is 6.35. The zero-order valence-electron chi connectivity index (χ0n) is 13.3. The fourth-order valence-electron chi connectivity index (χ4n) is 3.72. The van der Waals surface area contributed by atoms with E-state index in [9.17, 15) is 9.90 Å². The van der Waals surface area contributed by atoms with Crippen LogP contribution in [-0.2, 0) is 11.2 Å². The van der Waals surface area contributed by atoms with Crippen LogP contribution in [0.4, 0.5) is 0 Å². The quantitative estimate of drug-likeness (QED) is 0.905. The van der Waals surface area contributed by atoms with Crippen molar-refractivity contribution in [2.45, 2.75) is 37.8 Å². The lowest BCUT2D eigenvalue weighted by molar-refractivity contribution is -0.134. The molecule has 2 atom stereocenters. The Morgan fingerprint density at radius 1 is 1.30 bits per heavy atom. The standard InChI is InChI=1S/C17H22Cl2N2O2/c1-20(10-16(23)21-5-3-2-4-6-21)17-13-7-11(18)8-14(19)12(13)9-15(17)22/h7-8,15,17,22H,2-6,9-10H2,1H3. The average molecular weight is 357 g/mol. The Kier molecular flexibility index (Phi) is 5.16. The second-order valence-corrected chi connectivity index (χ2v) is 7.37. The van der Waals surface area contributed by atoms with Crippen LogP contribution in [0.3, 0.4) is 0 Å². The van der Waals surface area contributed by atoms with Gasteiger partial charge < -0.3 is 10.0 Å². The third kappa shape index (κ3) is 3.50. The molecule has 0 bridgehead atoms. The van der Waals surface area contributed by atoms with Crippen LogP contribution in [0.1, 0.15) is 36.4 Å². The summed E-state index contributed by atoms with van der Waals surface area (Å²) < 4.78 is 0. The minimum absolute atomic E-state index is 0.126. The Bertz CT molecular complexity index is 603. The molecule has 0 saturated carbocycles. The van der Waals surface area contributed by atoms with Crippen molar-refractivity contribution in [3.8, 4) is 0 Å². The Hall–Kier alpha value is -0.810. The van der Waals surface area contributed by atoms with Gasteiger partial charge in [-0.15, -0.1) is 0 Å². The average Bonchev–Trinajstić information content (AvgIpc) is 2.84. The van der Waals surface area contributed by atoms with Gasteiger partial charge in [-0.25, -0.2) is 0 Å². The molecule has 0 radical (unpaired) electrons. The van der Waals surface area contributed by atoms with E-state index in [1.165, 1.54) is 6.42 Å². The molecule has 1 amide bonds. The van der Waals surface area contributed by atoms with Gasteiger partial charge in [0.2, 0.25) is 5.91 Å². The molecule has 0 spiro atoms. The fourth-order valence-corrected chi connectivity index (χ4v) is 4.30. The van der Waals surface area contributed by atoms with E-state index < -0.39 is 6.10 Å². The first-order valence-corrected chi connectivity index (χ1v) is 8.87. The maximum absolute atomic E-state index is 12.5. The number of likely N-dealkylation sites (tertiary alicyclic amines) is 1. The summed E-state index contributed by atoms with van der Waals surface area (Å²) in [7, 11) is 1.87. The van der Waals surface area contributed by atoms with Crippen LogP contribution < -0.4 is 0 Å². The topological polar surface area (TPSA) is 43.8 Å². The van der Waals surface area contributed by atoms with Gasteiger partial charge in [-0.2, -0.15) is 0 Å². The van der Waals surface area contributed by atoms with Gasteiger partial charge in [0.25, 0.3) is 0 Å². The molecular formula is C17H22Cl2N2O2. The zero-order valence-corrected chi connectivity index (χ0v) is 14.8. The molecular weight excluding hydrogens is 335 g/mol. The third-order valence-electron chi connectivity index (χ3n) is 4.86. The van der Waals surface area contributed by atoms with E-state index in [0.717, 1.165) is 37.1 Å². The Morgan fingerprint density at radius 3 is 2.70 bits per heavy atom. The molecule has 3 rings (SSSR count). The van der Waals surface area contributed by atoms with Gasteiger partial charge in [-0.3, -0.25) is 9.69 Å². The molecule has 2 unspecified atom stereocenters. The van der Waals surface area contributed by atoms with Crippen LogP contribution >= 0.6 is 23.2 Å². The molecule has 1 aliphatic heterocycles. The number of halogens is 2. The molecule has 1 heterocycles. The van der Waals surface area contributed by atoms with E-state index in [4.69, 9.17) is 23.2 Å². The van der Waals surface area contributed by atoms with Crippen LogP contribution in [0.15, 0.2) is 12.1 Å². The molecule has 6 heteroatoms. The molecule has 23 heavy (non-hydrogen) atoms. The van der Waals surface area contributed by atoms with Crippen molar-refractivity contribution in [1.82, 2.24) is 9.80 Å². The van der Waals surface area contributed by atoms with Gasteiger partial charge in [0, 0.05) is 29.6 Å². The van der Waals surface area contributed by atoms with Crippen molar-refractivity contribution in [2.24, 2.45) is 0 Å². The lowest BCUT2D eigenvalue weighted by Crippen LogP contribution is -2.43. The van der Waals surface area contributed by atoms with Crippen molar-refractivity contribution in [1.29, 1.82) is 0 Å². The second-order valence-electron chi connectivity index (χ2n) is 6.53. The number of fused-ring (bicyclic) bond motifs is 1. The predicted molar refractivity (Wildman–Crippen MR) is 92.0 cm³/mol. The van der Waals surface area contributed by atoms with Gasteiger partial charge in [0.15, 0.2) is 0 Å². The number of aliphatic hydroxyl groups is 1. The van der Waals surface area contributed by atoms with Gasteiger partial charge in [-0.1, -0.05) is 23.2 Å². The number of rotatable bonds is 3. The lowest BCUT2D eigenvalue weighted by Gasteiger charge is -2.32.